The summed E-state index contributed by atoms with van der Waals surface area (Å²) in [6.45, 7) is 5.69. The summed E-state index contributed by atoms with van der Waals surface area (Å²) in [5.74, 6) is 0. The standard InChI is InChI=1S/C9H16F3NO/c1-8(2,3)7-6-13(4-5-14-7)9(10,11)12/h7H,4-6H2,1-3H3. The summed E-state index contributed by atoms with van der Waals surface area (Å²) in [6, 6.07) is 0. The van der Waals surface area contributed by atoms with E-state index in [1.807, 2.05) is 20.8 Å². The van der Waals surface area contributed by atoms with Crippen LogP contribution in [0.3, 0.4) is 0 Å². The molecular weight excluding hydrogens is 195 g/mol. The van der Waals surface area contributed by atoms with Crippen molar-refractivity contribution in [2.24, 2.45) is 5.41 Å². The second-order valence-electron chi connectivity index (χ2n) is 4.64. The van der Waals surface area contributed by atoms with E-state index in [0.717, 1.165) is 0 Å². The Balaban J connectivity index is 2.61. The molecule has 84 valence electrons. The fourth-order valence-electron chi connectivity index (χ4n) is 1.40. The Kier molecular flexibility index (Phi) is 3.11. The smallest absolute Gasteiger partial charge is 0.375 e. The van der Waals surface area contributed by atoms with Crippen molar-refractivity contribution in [2.75, 3.05) is 19.7 Å². The van der Waals surface area contributed by atoms with Crippen LogP contribution in [-0.2, 0) is 4.74 Å². The third-order valence-electron chi connectivity index (χ3n) is 2.39. The molecule has 14 heavy (non-hydrogen) atoms. The number of alkyl halides is 3. The predicted molar refractivity (Wildman–Crippen MR) is 46.8 cm³/mol. The minimum absolute atomic E-state index is 0.0594. The molecule has 0 spiro atoms. The lowest BCUT2D eigenvalue weighted by molar-refractivity contribution is -0.272. The molecule has 0 aromatic carbocycles. The van der Waals surface area contributed by atoms with Crippen molar-refractivity contribution in [1.29, 1.82) is 0 Å². The molecule has 2 nitrogen and oxygen atoms in total. The monoisotopic (exact) mass is 211 g/mol. The molecule has 0 radical (unpaired) electrons. The van der Waals surface area contributed by atoms with Crippen LogP contribution in [0.25, 0.3) is 0 Å². The van der Waals surface area contributed by atoms with Crippen LogP contribution in [0.4, 0.5) is 13.2 Å². The van der Waals surface area contributed by atoms with Gasteiger partial charge in [-0.15, -0.1) is 0 Å². The summed E-state index contributed by atoms with van der Waals surface area (Å²) in [6.07, 6.45) is -4.58. The topological polar surface area (TPSA) is 12.5 Å². The van der Waals surface area contributed by atoms with Gasteiger partial charge in [0.05, 0.1) is 12.7 Å². The second-order valence-corrected chi connectivity index (χ2v) is 4.64. The molecule has 0 saturated carbocycles. The van der Waals surface area contributed by atoms with Crippen molar-refractivity contribution in [3.8, 4) is 0 Å². The fourth-order valence-corrected chi connectivity index (χ4v) is 1.40. The minimum Gasteiger partial charge on any atom is -0.375 e. The first-order valence-corrected chi connectivity index (χ1v) is 4.64. The van der Waals surface area contributed by atoms with Crippen molar-refractivity contribution >= 4 is 0 Å². The van der Waals surface area contributed by atoms with Gasteiger partial charge >= 0.3 is 6.30 Å². The van der Waals surface area contributed by atoms with Gasteiger partial charge in [-0.2, -0.15) is 13.2 Å². The van der Waals surface area contributed by atoms with Crippen molar-refractivity contribution in [2.45, 2.75) is 33.2 Å². The number of rotatable bonds is 0. The summed E-state index contributed by atoms with van der Waals surface area (Å²) in [5, 5.41) is 0. The summed E-state index contributed by atoms with van der Waals surface area (Å²) < 4.78 is 42.4. The zero-order chi connectivity index (χ0) is 11.0. The van der Waals surface area contributed by atoms with E-state index in [-0.39, 0.29) is 31.2 Å². The molecule has 1 aliphatic heterocycles. The molecule has 1 heterocycles. The third kappa shape index (κ3) is 2.85. The molecule has 1 saturated heterocycles. The first-order valence-electron chi connectivity index (χ1n) is 4.64. The normalized spacial score (nSPS) is 26.6. The number of halogens is 3. The Bertz CT molecular complexity index is 177. The summed E-state index contributed by atoms with van der Waals surface area (Å²) >= 11 is 0. The number of morpholine rings is 1. The lowest BCUT2D eigenvalue weighted by atomic mass is 9.88. The van der Waals surface area contributed by atoms with Crippen LogP contribution in [0.15, 0.2) is 0 Å². The molecule has 0 aromatic rings. The maximum atomic E-state index is 12.4. The van der Waals surface area contributed by atoms with E-state index in [0.29, 0.717) is 4.90 Å². The quantitative estimate of drug-likeness (QED) is 0.570. The van der Waals surface area contributed by atoms with E-state index in [1.165, 1.54) is 0 Å². The van der Waals surface area contributed by atoms with E-state index >= 15 is 0 Å². The first-order chi connectivity index (χ1) is 6.21. The SMILES string of the molecule is CC(C)(C)C1CN(C(F)(F)F)CCO1. The highest BCUT2D eigenvalue weighted by Gasteiger charge is 2.42. The molecule has 1 fully saturated rings. The van der Waals surface area contributed by atoms with E-state index in [2.05, 4.69) is 0 Å². The van der Waals surface area contributed by atoms with Gasteiger partial charge in [-0.1, -0.05) is 20.8 Å². The summed E-state index contributed by atoms with van der Waals surface area (Å²) in [7, 11) is 0. The Morgan fingerprint density at radius 1 is 1.21 bits per heavy atom. The van der Waals surface area contributed by atoms with Gasteiger partial charge < -0.3 is 4.74 Å². The van der Waals surface area contributed by atoms with Crippen LogP contribution < -0.4 is 0 Å². The molecule has 0 aromatic heterocycles. The van der Waals surface area contributed by atoms with Crippen molar-refractivity contribution in [3.63, 3.8) is 0 Å². The van der Waals surface area contributed by atoms with Gasteiger partial charge in [-0.3, -0.25) is 0 Å². The van der Waals surface area contributed by atoms with Gasteiger partial charge in [0, 0.05) is 13.1 Å². The van der Waals surface area contributed by atoms with Crippen LogP contribution >= 0.6 is 0 Å². The molecule has 1 atom stereocenters. The maximum Gasteiger partial charge on any atom is 0.460 e. The van der Waals surface area contributed by atoms with Crippen LogP contribution in [0.2, 0.25) is 0 Å². The van der Waals surface area contributed by atoms with Crippen LogP contribution in [0.1, 0.15) is 20.8 Å². The van der Waals surface area contributed by atoms with Gasteiger partial charge in [0.25, 0.3) is 0 Å². The molecule has 0 N–H and O–H groups in total. The highest BCUT2D eigenvalue weighted by atomic mass is 19.4. The molecule has 5 heteroatoms. The average Bonchev–Trinajstić information content (AvgIpc) is 2.01. The summed E-state index contributed by atoms with van der Waals surface area (Å²) in [5.41, 5.74) is -0.246. The molecule has 1 unspecified atom stereocenters. The third-order valence-corrected chi connectivity index (χ3v) is 2.39. The fraction of sp³-hybridized carbons (Fsp3) is 1.00. The number of nitrogens with zero attached hydrogens (tertiary/aromatic N) is 1. The molecule has 0 amide bonds. The van der Waals surface area contributed by atoms with E-state index in [9.17, 15) is 13.2 Å². The zero-order valence-electron chi connectivity index (χ0n) is 8.69. The van der Waals surface area contributed by atoms with Crippen LogP contribution in [0, 0.1) is 5.41 Å². The highest BCUT2D eigenvalue weighted by molar-refractivity contribution is 4.82. The Morgan fingerprint density at radius 2 is 1.79 bits per heavy atom. The molecule has 1 rings (SSSR count). The van der Waals surface area contributed by atoms with E-state index in [4.69, 9.17) is 4.74 Å². The molecule has 0 aliphatic carbocycles. The molecule has 0 bridgehead atoms. The van der Waals surface area contributed by atoms with Gasteiger partial charge in [-0.05, 0) is 5.41 Å². The lowest BCUT2D eigenvalue weighted by Crippen LogP contribution is -2.53. The van der Waals surface area contributed by atoms with Crippen molar-refractivity contribution < 1.29 is 17.9 Å². The minimum atomic E-state index is -4.23. The zero-order valence-corrected chi connectivity index (χ0v) is 8.69. The van der Waals surface area contributed by atoms with Gasteiger partial charge in [0.2, 0.25) is 0 Å². The van der Waals surface area contributed by atoms with Crippen LogP contribution in [0.5, 0.6) is 0 Å². The average molecular weight is 211 g/mol. The lowest BCUT2D eigenvalue weighted by Gasteiger charge is -2.39. The second kappa shape index (κ2) is 3.70. The Hall–Kier alpha value is -0.290. The van der Waals surface area contributed by atoms with Gasteiger partial charge in [0.1, 0.15) is 0 Å². The number of hydrogen-bond acceptors (Lipinski definition) is 2. The maximum absolute atomic E-state index is 12.4. The summed E-state index contributed by atoms with van der Waals surface area (Å²) in [4.78, 5) is 0.520. The van der Waals surface area contributed by atoms with E-state index in [1.54, 1.807) is 0 Å². The van der Waals surface area contributed by atoms with Gasteiger partial charge in [0.15, 0.2) is 0 Å². The van der Waals surface area contributed by atoms with Crippen molar-refractivity contribution in [3.05, 3.63) is 0 Å². The number of hydrogen-bond donors (Lipinski definition) is 0. The van der Waals surface area contributed by atoms with Gasteiger partial charge in [-0.25, -0.2) is 4.90 Å². The Labute approximate surface area is 82.0 Å². The molecular formula is C9H16F3NO. The van der Waals surface area contributed by atoms with Crippen LogP contribution in [-0.4, -0.2) is 37.0 Å². The molecule has 1 aliphatic rings. The van der Waals surface area contributed by atoms with E-state index < -0.39 is 6.30 Å². The first kappa shape index (κ1) is 11.8. The van der Waals surface area contributed by atoms with Crippen molar-refractivity contribution in [1.82, 2.24) is 4.90 Å². The predicted octanol–water partition coefficient (Wildman–Crippen LogP) is 2.25. The number of ether oxygens (including phenoxy) is 1. The Morgan fingerprint density at radius 3 is 2.21 bits per heavy atom. The largest absolute Gasteiger partial charge is 0.460 e. The highest BCUT2D eigenvalue weighted by Crippen LogP contribution is 2.30.